The molecule has 110 valence electrons. The monoisotopic (exact) mass is 296 g/mol. The molecule has 1 aliphatic heterocycles. The summed E-state index contributed by atoms with van der Waals surface area (Å²) in [4.78, 5) is 12.0. The molecule has 0 aliphatic carbocycles. The van der Waals surface area contributed by atoms with E-state index in [0.29, 0.717) is 24.9 Å². The predicted octanol–water partition coefficient (Wildman–Crippen LogP) is 0.895. The number of sulfone groups is 1. The number of rotatable bonds is 4. The Balaban J connectivity index is 1.89. The number of aryl methyl sites for hydroxylation is 1. The summed E-state index contributed by atoms with van der Waals surface area (Å²) in [6, 6.07) is 7.43. The molecule has 20 heavy (non-hydrogen) atoms. The maximum atomic E-state index is 12.0. The smallest absolute Gasteiger partial charge is 0.220 e. The zero-order valence-electron chi connectivity index (χ0n) is 11.6. The lowest BCUT2D eigenvalue weighted by Crippen LogP contribution is -2.47. The van der Waals surface area contributed by atoms with Crippen LogP contribution in [0.2, 0.25) is 0 Å². The molecule has 1 aliphatic rings. The average Bonchev–Trinajstić information content (AvgIpc) is 2.62. The van der Waals surface area contributed by atoms with Gasteiger partial charge < -0.3 is 11.1 Å². The highest BCUT2D eigenvalue weighted by molar-refractivity contribution is 7.91. The van der Waals surface area contributed by atoms with Gasteiger partial charge in [0, 0.05) is 12.1 Å². The summed E-state index contributed by atoms with van der Waals surface area (Å²) in [6.45, 7) is 1.78. The van der Waals surface area contributed by atoms with E-state index in [-0.39, 0.29) is 17.4 Å². The number of hydrogen-bond acceptors (Lipinski definition) is 4. The Kier molecular flexibility index (Phi) is 4.04. The van der Waals surface area contributed by atoms with Gasteiger partial charge in [0.25, 0.3) is 0 Å². The van der Waals surface area contributed by atoms with Gasteiger partial charge in [0.05, 0.1) is 17.0 Å². The Bertz CT molecular complexity index is 613. The van der Waals surface area contributed by atoms with Crippen LogP contribution in [-0.2, 0) is 21.1 Å². The second-order valence-electron chi connectivity index (χ2n) is 5.65. The standard InChI is InChI=1S/C14H20N2O3S/c1-14(8-9-20(18,19)10-14)16-13(17)7-6-11-4-2-3-5-12(11)15/h2-5H,6-10,15H2,1H3,(H,16,17). The van der Waals surface area contributed by atoms with E-state index >= 15 is 0 Å². The molecule has 1 unspecified atom stereocenters. The molecule has 0 radical (unpaired) electrons. The topological polar surface area (TPSA) is 89.3 Å². The van der Waals surface area contributed by atoms with Crippen molar-refractivity contribution in [3.63, 3.8) is 0 Å². The molecule has 1 fully saturated rings. The third kappa shape index (κ3) is 3.72. The maximum Gasteiger partial charge on any atom is 0.220 e. The summed E-state index contributed by atoms with van der Waals surface area (Å²) < 4.78 is 23.0. The van der Waals surface area contributed by atoms with Crippen molar-refractivity contribution >= 4 is 21.4 Å². The molecule has 3 N–H and O–H groups in total. The number of amides is 1. The van der Waals surface area contributed by atoms with E-state index in [0.717, 1.165) is 5.56 Å². The molecule has 0 saturated carbocycles. The number of carbonyl (C=O) groups is 1. The highest BCUT2D eigenvalue weighted by atomic mass is 32.2. The molecule has 2 rings (SSSR count). The Hall–Kier alpha value is -1.56. The number of para-hydroxylation sites is 1. The highest BCUT2D eigenvalue weighted by Crippen LogP contribution is 2.23. The van der Waals surface area contributed by atoms with Crippen LogP contribution in [0.1, 0.15) is 25.3 Å². The van der Waals surface area contributed by atoms with Crippen LogP contribution in [-0.4, -0.2) is 31.4 Å². The number of nitrogen functional groups attached to an aromatic ring is 1. The van der Waals surface area contributed by atoms with Crippen molar-refractivity contribution < 1.29 is 13.2 Å². The minimum absolute atomic E-state index is 0.0270. The third-order valence-corrected chi connectivity index (χ3v) is 5.52. The SMILES string of the molecule is CC1(NC(=O)CCc2ccccc2N)CCS(=O)(=O)C1. The largest absolute Gasteiger partial charge is 0.399 e. The van der Waals surface area contributed by atoms with E-state index in [4.69, 9.17) is 5.73 Å². The molecule has 0 bridgehead atoms. The maximum absolute atomic E-state index is 12.0. The van der Waals surface area contributed by atoms with Gasteiger partial charge in [-0.25, -0.2) is 8.42 Å². The van der Waals surface area contributed by atoms with Gasteiger partial charge in [-0.05, 0) is 31.4 Å². The molecule has 1 aromatic rings. The Morgan fingerprint density at radius 3 is 2.70 bits per heavy atom. The molecule has 1 aromatic carbocycles. The van der Waals surface area contributed by atoms with Gasteiger partial charge in [-0.1, -0.05) is 18.2 Å². The first-order chi connectivity index (χ1) is 9.30. The first-order valence-corrected chi connectivity index (χ1v) is 8.47. The van der Waals surface area contributed by atoms with Gasteiger partial charge in [0.15, 0.2) is 9.84 Å². The number of carbonyl (C=O) groups excluding carboxylic acids is 1. The number of benzene rings is 1. The van der Waals surface area contributed by atoms with Gasteiger partial charge >= 0.3 is 0 Å². The predicted molar refractivity (Wildman–Crippen MR) is 79.0 cm³/mol. The van der Waals surface area contributed by atoms with E-state index in [9.17, 15) is 13.2 Å². The molecule has 1 amide bonds. The van der Waals surface area contributed by atoms with Crippen LogP contribution in [0, 0.1) is 0 Å². The number of hydrogen-bond donors (Lipinski definition) is 2. The lowest BCUT2D eigenvalue weighted by atomic mass is 10.0. The quantitative estimate of drug-likeness (QED) is 0.808. The van der Waals surface area contributed by atoms with Crippen molar-refractivity contribution in [2.24, 2.45) is 0 Å². The molecule has 6 heteroatoms. The summed E-state index contributed by atoms with van der Waals surface area (Å²) in [6.07, 6.45) is 1.35. The van der Waals surface area contributed by atoms with Crippen molar-refractivity contribution in [1.29, 1.82) is 0 Å². The second-order valence-corrected chi connectivity index (χ2v) is 7.83. The fourth-order valence-electron chi connectivity index (χ4n) is 2.52. The average molecular weight is 296 g/mol. The van der Waals surface area contributed by atoms with Crippen LogP contribution in [0.5, 0.6) is 0 Å². The minimum atomic E-state index is -3.01. The Morgan fingerprint density at radius 2 is 2.10 bits per heavy atom. The summed E-state index contributed by atoms with van der Waals surface area (Å²) in [7, 11) is -3.01. The van der Waals surface area contributed by atoms with Crippen LogP contribution in [0.4, 0.5) is 5.69 Å². The van der Waals surface area contributed by atoms with Crippen LogP contribution < -0.4 is 11.1 Å². The van der Waals surface area contributed by atoms with E-state index < -0.39 is 15.4 Å². The second kappa shape index (κ2) is 5.44. The zero-order chi connectivity index (χ0) is 14.8. The molecule has 5 nitrogen and oxygen atoms in total. The van der Waals surface area contributed by atoms with Crippen LogP contribution >= 0.6 is 0 Å². The molecule has 1 heterocycles. The van der Waals surface area contributed by atoms with Gasteiger partial charge in [-0.2, -0.15) is 0 Å². The van der Waals surface area contributed by atoms with Crippen LogP contribution in [0.25, 0.3) is 0 Å². The van der Waals surface area contributed by atoms with Gasteiger partial charge in [-0.15, -0.1) is 0 Å². The summed E-state index contributed by atoms with van der Waals surface area (Å²) >= 11 is 0. The Morgan fingerprint density at radius 1 is 1.40 bits per heavy atom. The first kappa shape index (κ1) is 14.8. The lowest BCUT2D eigenvalue weighted by molar-refractivity contribution is -0.122. The fourth-order valence-corrected chi connectivity index (χ4v) is 4.61. The summed E-state index contributed by atoms with van der Waals surface area (Å²) in [5.74, 6) is 0.0436. The van der Waals surface area contributed by atoms with Crippen molar-refractivity contribution in [1.82, 2.24) is 5.32 Å². The summed E-state index contributed by atoms with van der Waals surface area (Å²) in [5.41, 5.74) is 6.81. The molecule has 1 saturated heterocycles. The molecular weight excluding hydrogens is 276 g/mol. The van der Waals surface area contributed by atoms with Crippen molar-refractivity contribution in [3.8, 4) is 0 Å². The van der Waals surface area contributed by atoms with Crippen molar-refractivity contribution in [2.45, 2.75) is 31.7 Å². The lowest BCUT2D eigenvalue weighted by Gasteiger charge is -2.23. The van der Waals surface area contributed by atoms with E-state index in [2.05, 4.69) is 5.32 Å². The van der Waals surface area contributed by atoms with E-state index in [1.54, 1.807) is 13.0 Å². The van der Waals surface area contributed by atoms with Crippen molar-refractivity contribution in [3.05, 3.63) is 29.8 Å². The number of nitrogens with two attached hydrogens (primary N) is 1. The zero-order valence-corrected chi connectivity index (χ0v) is 12.4. The van der Waals surface area contributed by atoms with Gasteiger partial charge in [-0.3, -0.25) is 4.79 Å². The summed E-state index contributed by atoms with van der Waals surface area (Å²) in [5, 5.41) is 2.84. The number of nitrogens with one attached hydrogen (secondary N) is 1. The third-order valence-electron chi connectivity index (χ3n) is 3.62. The molecular formula is C14H20N2O3S. The van der Waals surface area contributed by atoms with Gasteiger partial charge in [0.2, 0.25) is 5.91 Å². The normalized spacial score (nSPS) is 24.4. The van der Waals surface area contributed by atoms with Gasteiger partial charge in [0.1, 0.15) is 0 Å². The van der Waals surface area contributed by atoms with Crippen LogP contribution in [0.15, 0.2) is 24.3 Å². The fraction of sp³-hybridized carbons (Fsp3) is 0.500. The number of anilines is 1. The molecule has 1 atom stereocenters. The first-order valence-electron chi connectivity index (χ1n) is 6.65. The van der Waals surface area contributed by atoms with Crippen molar-refractivity contribution in [2.75, 3.05) is 17.2 Å². The minimum Gasteiger partial charge on any atom is -0.399 e. The highest BCUT2D eigenvalue weighted by Gasteiger charge is 2.39. The van der Waals surface area contributed by atoms with E-state index in [1.165, 1.54) is 0 Å². The molecule has 0 spiro atoms. The van der Waals surface area contributed by atoms with Crippen LogP contribution in [0.3, 0.4) is 0 Å². The van der Waals surface area contributed by atoms with E-state index in [1.807, 2.05) is 18.2 Å². The Labute approximate surface area is 119 Å². The molecule has 0 aromatic heterocycles.